The monoisotopic (exact) mass is 169 g/mol. The number of ether oxygens (including phenoxy) is 1. The Kier molecular flexibility index (Phi) is 5.45. The number of carbonyl (C=O) groups is 2. The summed E-state index contributed by atoms with van der Waals surface area (Å²) in [5.74, 6) is 1.62. The molecule has 12 heavy (non-hydrogen) atoms. The van der Waals surface area contributed by atoms with Gasteiger partial charge in [-0.15, -0.1) is 6.42 Å². The summed E-state index contributed by atoms with van der Waals surface area (Å²) in [4.78, 5) is 21.4. The molecule has 0 unspecified atom stereocenters. The zero-order valence-electron chi connectivity index (χ0n) is 6.92. The van der Waals surface area contributed by atoms with Crippen LogP contribution in [-0.4, -0.2) is 25.5 Å². The number of nitrogens with one attached hydrogen (secondary N) is 1. The van der Waals surface area contributed by atoms with Crippen molar-refractivity contribution in [2.75, 3.05) is 13.7 Å². The fourth-order valence-electron chi connectivity index (χ4n) is 0.556. The van der Waals surface area contributed by atoms with Crippen LogP contribution >= 0.6 is 0 Å². The molecule has 4 heteroatoms. The van der Waals surface area contributed by atoms with Crippen LogP contribution in [0.2, 0.25) is 0 Å². The molecule has 0 aromatic carbocycles. The van der Waals surface area contributed by atoms with Crippen molar-refractivity contribution < 1.29 is 14.3 Å². The lowest BCUT2D eigenvalue weighted by Gasteiger charge is -1.99. The molecular formula is C8H11NO3. The van der Waals surface area contributed by atoms with E-state index in [-0.39, 0.29) is 25.3 Å². The Morgan fingerprint density at radius 2 is 2.17 bits per heavy atom. The van der Waals surface area contributed by atoms with Crippen LogP contribution in [-0.2, 0) is 14.3 Å². The first-order valence-corrected chi connectivity index (χ1v) is 3.47. The number of esters is 1. The third-order valence-electron chi connectivity index (χ3n) is 1.17. The van der Waals surface area contributed by atoms with Crippen LogP contribution in [0.4, 0.5) is 0 Å². The summed E-state index contributed by atoms with van der Waals surface area (Å²) < 4.78 is 4.35. The molecular weight excluding hydrogens is 158 g/mol. The van der Waals surface area contributed by atoms with Gasteiger partial charge in [0.1, 0.15) is 0 Å². The minimum absolute atomic E-state index is 0.0902. The van der Waals surface area contributed by atoms with Gasteiger partial charge in [0.2, 0.25) is 5.91 Å². The van der Waals surface area contributed by atoms with E-state index in [1.807, 2.05) is 0 Å². The largest absolute Gasteiger partial charge is 0.469 e. The van der Waals surface area contributed by atoms with Gasteiger partial charge in [0.05, 0.1) is 20.1 Å². The summed E-state index contributed by atoms with van der Waals surface area (Å²) >= 11 is 0. The van der Waals surface area contributed by atoms with Crippen molar-refractivity contribution in [2.24, 2.45) is 0 Å². The lowest BCUT2D eigenvalue weighted by molar-refractivity contribution is -0.142. The van der Waals surface area contributed by atoms with Gasteiger partial charge in [-0.05, 0) is 0 Å². The molecule has 0 spiro atoms. The zero-order chi connectivity index (χ0) is 9.40. The molecule has 0 radical (unpaired) electrons. The van der Waals surface area contributed by atoms with E-state index in [1.165, 1.54) is 7.11 Å². The minimum atomic E-state index is -0.397. The highest BCUT2D eigenvalue weighted by atomic mass is 16.5. The summed E-state index contributed by atoms with van der Waals surface area (Å²) in [6, 6.07) is 0. The Bertz CT molecular complexity index is 205. The van der Waals surface area contributed by atoms with Gasteiger partial charge in [-0.2, -0.15) is 0 Å². The molecule has 0 fully saturated rings. The Balaban J connectivity index is 3.45. The average Bonchev–Trinajstić information content (AvgIpc) is 2.10. The van der Waals surface area contributed by atoms with Crippen molar-refractivity contribution in [2.45, 2.75) is 12.8 Å². The average molecular weight is 169 g/mol. The number of rotatable bonds is 4. The summed E-state index contributed by atoms with van der Waals surface area (Å²) in [7, 11) is 1.28. The summed E-state index contributed by atoms with van der Waals surface area (Å²) in [6.07, 6.45) is 5.11. The van der Waals surface area contributed by atoms with Gasteiger partial charge >= 0.3 is 5.97 Å². The van der Waals surface area contributed by atoms with Crippen LogP contribution in [0.3, 0.4) is 0 Å². The Morgan fingerprint density at radius 1 is 1.50 bits per heavy atom. The molecule has 0 aromatic rings. The van der Waals surface area contributed by atoms with Crippen molar-refractivity contribution >= 4 is 11.9 Å². The van der Waals surface area contributed by atoms with E-state index in [0.717, 1.165) is 0 Å². The van der Waals surface area contributed by atoms with E-state index in [0.29, 0.717) is 0 Å². The first-order valence-electron chi connectivity index (χ1n) is 3.47. The van der Waals surface area contributed by atoms with Crippen molar-refractivity contribution in [1.82, 2.24) is 5.32 Å². The van der Waals surface area contributed by atoms with Crippen molar-refractivity contribution in [3.8, 4) is 12.3 Å². The number of terminal acetylenes is 1. The minimum Gasteiger partial charge on any atom is -0.469 e. The Hall–Kier alpha value is -1.50. The highest BCUT2D eigenvalue weighted by Crippen LogP contribution is 1.90. The highest BCUT2D eigenvalue weighted by Gasteiger charge is 2.04. The fraction of sp³-hybridized carbons (Fsp3) is 0.500. The molecule has 0 bridgehead atoms. The highest BCUT2D eigenvalue weighted by molar-refractivity contribution is 5.81. The third kappa shape index (κ3) is 5.30. The fourth-order valence-corrected chi connectivity index (χ4v) is 0.556. The first kappa shape index (κ1) is 10.5. The van der Waals surface area contributed by atoms with Gasteiger partial charge < -0.3 is 10.1 Å². The second-order valence-corrected chi connectivity index (χ2v) is 2.06. The molecule has 0 aliphatic carbocycles. The smallest absolute Gasteiger partial charge is 0.306 e. The molecule has 4 nitrogen and oxygen atoms in total. The molecule has 0 aromatic heterocycles. The number of amides is 1. The van der Waals surface area contributed by atoms with Gasteiger partial charge in [0, 0.05) is 6.42 Å². The topological polar surface area (TPSA) is 55.4 Å². The van der Waals surface area contributed by atoms with Gasteiger partial charge in [0.15, 0.2) is 0 Å². The summed E-state index contributed by atoms with van der Waals surface area (Å²) in [6.45, 7) is 0.194. The van der Waals surface area contributed by atoms with Crippen LogP contribution < -0.4 is 5.32 Å². The SMILES string of the molecule is C#CCNC(=O)CCC(=O)OC. The van der Waals surface area contributed by atoms with Crippen LogP contribution in [0.15, 0.2) is 0 Å². The quantitative estimate of drug-likeness (QED) is 0.464. The van der Waals surface area contributed by atoms with E-state index >= 15 is 0 Å². The van der Waals surface area contributed by atoms with Crippen LogP contribution in [0.5, 0.6) is 0 Å². The lowest BCUT2D eigenvalue weighted by atomic mass is 10.3. The number of hydrogen-bond acceptors (Lipinski definition) is 3. The lowest BCUT2D eigenvalue weighted by Crippen LogP contribution is -2.24. The Labute approximate surface area is 71.3 Å². The van der Waals surface area contributed by atoms with Crippen LogP contribution in [0.25, 0.3) is 0 Å². The van der Waals surface area contributed by atoms with E-state index in [9.17, 15) is 9.59 Å². The molecule has 0 aliphatic rings. The molecule has 66 valence electrons. The third-order valence-corrected chi connectivity index (χ3v) is 1.17. The maximum atomic E-state index is 10.8. The maximum Gasteiger partial charge on any atom is 0.306 e. The normalized spacial score (nSPS) is 8.33. The summed E-state index contributed by atoms with van der Waals surface area (Å²) in [5.41, 5.74) is 0. The molecule has 1 amide bonds. The van der Waals surface area contributed by atoms with Gasteiger partial charge in [0.25, 0.3) is 0 Å². The predicted octanol–water partition coefficient (Wildman–Crippen LogP) is -0.311. The molecule has 0 aliphatic heterocycles. The molecule has 0 atom stereocenters. The number of methoxy groups -OCH3 is 1. The second-order valence-electron chi connectivity index (χ2n) is 2.06. The summed E-state index contributed by atoms with van der Waals surface area (Å²) in [5, 5.41) is 2.43. The van der Waals surface area contributed by atoms with E-state index in [4.69, 9.17) is 6.42 Å². The molecule has 0 rings (SSSR count). The molecule has 0 saturated heterocycles. The van der Waals surface area contributed by atoms with Crippen molar-refractivity contribution in [3.63, 3.8) is 0 Å². The second kappa shape index (κ2) is 6.23. The van der Waals surface area contributed by atoms with E-state index < -0.39 is 5.97 Å². The molecule has 1 N–H and O–H groups in total. The van der Waals surface area contributed by atoms with Gasteiger partial charge in [-0.3, -0.25) is 9.59 Å². The van der Waals surface area contributed by atoms with Crippen LogP contribution in [0, 0.1) is 12.3 Å². The number of carbonyl (C=O) groups excluding carboxylic acids is 2. The molecule has 0 saturated carbocycles. The van der Waals surface area contributed by atoms with Gasteiger partial charge in [-0.25, -0.2) is 0 Å². The van der Waals surface area contributed by atoms with Gasteiger partial charge in [-0.1, -0.05) is 5.92 Å². The number of hydrogen-bond donors (Lipinski definition) is 1. The first-order chi connectivity index (χ1) is 5.70. The van der Waals surface area contributed by atoms with Crippen molar-refractivity contribution in [1.29, 1.82) is 0 Å². The van der Waals surface area contributed by atoms with E-state index in [1.54, 1.807) is 0 Å². The maximum absolute atomic E-state index is 10.8. The standard InChI is InChI=1S/C8H11NO3/c1-3-6-9-7(10)4-5-8(11)12-2/h1H,4-6H2,2H3,(H,9,10). The van der Waals surface area contributed by atoms with Crippen molar-refractivity contribution in [3.05, 3.63) is 0 Å². The molecule has 0 heterocycles. The zero-order valence-corrected chi connectivity index (χ0v) is 6.92. The predicted molar refractivity (Wildman–Crippen MR) is 43.1 cm³/mol. The van der Waals surface area contributed by atoms with E-state index in [2.05, 4.69) is 16.0 Å². The Morgan fingerprint density at radius 3 is 2.67 bits per heavy atom. The van der Waals surface area contributed by atoms with Crippen LogP contribution in [0.1, 0.15) is 12.8 Å².